The van der Waals surface area contributed by atoms with Gasteiger partial charge in [0.25, 0.3) is 0 Å². The van der Waals surface area contributed by atoms with Crippen LogP contribution in [-0.2, 0) is 17.6 Å². The standard InChI is InChI=1S/C23H21FN4O/c1-2-21(29)27-20-11-13(7-8-17(20)24)23-15-6-4-3-5-14(15)22-16(12-25)18(26)9-10-19(22)28-23/h2,7-12,25H,1,3-6,26H2,(H,27,29). The van der Waals surface area contributed by atoms with Crippen LogP contribution < -0.4 is 11.1 Å². The summed E-state index contributed by atoms with van der Waals surface area (Å²) in [5.74, 6) is -0.988. The van der Waals surface area contributed by atoms with E-state index in [0.717, 1.165) is 65.0 Å². The highest BCUT2D eigenvalue weighted by molar-refractivity contribution is 6.05. The summed E-state index contributed by atoms with van der Waals surface area (Å²) in [6.07, 6.45) is 6.22. The van der Waals surface area contributed by atoms with Crippen LogP contribution in [0.2, 0.25) is 0 Å². The van der Waals surface area contributed by atoms with E-state index in [1.807, 2.05) is 6.07 Å². The number of fused-ring (bicyclic) bond motifs is 3. The molecule has 5 nitrogen and oxygen atoms in total. The second-order valence-corrected chi connectivity index (χ2v) is 7.12. The first kappa shape index (κ1) is 18.8. The third-order valence-corrected chi connectivity index (χ3v) is 5.37. The van der Waals surface area contributed by atoms with E-state index in [-0.39, 0.29) is 5.69 Å². The SMILES string of the molecule is C=CC(=O)Nc1cc(-c2nc3ccc(N)c(C=N)c3c3c2CCCC3)ccc1F. The molecule has 3 aromatic rings. The fourth-order valence-electron chi connectivity index (χ4n) is 4.01. The topological polar surface area (TPSA) is 91.9 Å². The van der Waals surface area contributed by atoms with Crippen LogP contribution in [0.15, 0.2) is 43.0 Å². The van der Waals surface area contributed by atoms with Crippen LogP contribution in [-0.4, -0.2) is 17.1 Å². The second kappa shape index (κ2) is 7.47. The Kier molecular flexibility index (Phi) is 4.84. The molecule has 0 aliphatic heterocycles. The molecule has 29 heavy (non-hydrogen) atoms. The predicted molar refractivity (Wildman–Crippen MR) is 115 cm³/mol. The van der Waals surface area contributed by atoms with Gasteiger partial charge in [-0.2, -0.15) is 0 Å². The van der Waals surface area contributed by atoms with Crippen molar-refractivity contribution in [3.63, 3.8) is 0 Å². The molecule has 0 saturated carbocycles. The smallest absolute Gasteiger partial charge is 0.247 e. The maximum absolute atomic E-state index is 14.2. The molecule has 0 radical (unpaired) electrons. The fraction of sp³-hybridized carbons (Fsp3) is 0.174. The predicted octanol–water partition coefficient (Wildman–Crippen LogP) is 4.62. The van der Waals surface area contributed by atoms with E-state index in [9.17, 15) is 9.18 Å². The number of pyridine rings is 1. The number of carbonyl (C=O) groups is 1. The summed E-state index contributed by atoms with van der Waals surface area (Å²) in [5.41, 5.74) is 12.0. The van der Waals surface area contributed by atoms with Crippen LogP contribution in [0.1, 0.15) is 29.5 Å². The Bertz CT molecular complexity index is 1170. The van der Waals surface area contributed by atoms with Crippen LogP contribution >= 0.6 is 0 Å². The molecule has 1 aliphatic rings. The number of aromatic nitrogens is 1. The zero-order chi connectivity index (χ0) is 20.5. The number of benzene rings is 2. The fourth-order valence-corrected chi connectivity index (χ4v) is 4.01. The highest BCUT2D eigenvalue weighted by Crippen LogP contribution is 2.38. The maximum atomic E-state index is 14.2. The largest absolute Gasteiger partial charge is 0.398 e. The highest BCUT2D eigenvalue weighted by atomic mass is 19.1. The molecule has 0 fully saturated rings. The van der Waals surface area contributed by atoms with E-state index in [1.165, 1.54) is 12.3 Å². The minimum Gasteiger partial charge on any atom is -0.398 e. The zero-order valence-electron chi connectivity index (χ0n) is 15.9. The van der Waals surface area contributed by atoms with Gasteiger partial charge in [0, 0.05) is 28.4 Å². The molecule has 0 spiro atoms. The van der Waals surface area contributed by atoms with Crippen molar-refractivity contribution in [3.05, 3.63) is 65.5 Å². The summed E-state index contributed by atoms with van der Waals surface area (Å²) in [6.45, 7) is 3.41. The minimum atomic E-state index is -0.516. The van der Waals surface area contributed by atoms with E-state index in [1.54, 1.807) is 18.2 Å². The summed E-state index contributed by atoms with van der Waals surface area (Å²) >= 11 is 0. The number of hydrogen-bond acceptors (Lipinski definition) is 4. The van der Waals surface area contributed by atoms with Crippen molar-refractivity contribution in [1.82, 2.24) is 4.98 Å². The number of nitrogens with one attached hydrogen (secondary N) is 2. The van der Waals surface area contributed by atoms with Crippen molar-refractivity contribution < 1.29 is 9.18 Å². The molecule has 0 bridgehead atoms. The molecule has 4 rings (SSSR count). The molecule has 6 heteroatoms. The number of nitrogens with zero attached hydrogens (tertiary/aromatic N) is 1. The van der Waals surface area contributed by atoms with Crippen LogP contribution in [0.3, 0.4) is 0 Å². The van der Waals surface area contributed by atoms with Crippen LogP contribution in [0.25, 0.3) is 22.2 Å². The van der Waals surface area contributed by atoms with Gasteiger partial charge in [0.1, 0.15) is 5.82 Å². The Morgan fingerprint density at radius 3 is 2.69 bits per heavy atom. The van der Waals surface area contributed by atoms with Crippen molar-refractivity contribution >= 4 is 34.4 Å². The van der Waals surface area contributed by atoms with E-state index >= 15 is 0 Å². The lowest BCUT2D eigenvalue weighted by molar-refractivity contribution is -0.111. The molecular formula is C23H21FN4O. The Morgan fingerprint density at radius 1 is 1.21 bits per heavy atom. The van der Waals surface area contributed by atoms with Gasteiger partial charge in [-0.15, -0.1) is 0 Å². The summed E-state index contributed by atoms with van der Waals surface area (Å²) in [6, 6.07) is 8.24. The molecule has 0 atom stereocenters. The van der Waals surface area contributed by atoms with Crippen molar-refractivity contribution in [1.29, 1.82) is 5.41 Å². The van der Waals surface area contributed by atoms with E-state index in [2.05, 4.69) is 11.9 Å². The first-order valence-electron chi connectivity index (χ1n) is 9.51. The number of anilines is 2. The first-order chi connectivity index (χ1) is 14.0. The Hall–Kier alpha value is -3.54. The number of rotatable bonds is 4. The van der Waals surface area contributed by atoms with Gasteiger partial charge in [-0.3, -0.25) is 4.79 Å². The monoisotopic (exact) mass is 388 g/mol. The number of carbonyl (C=O) groups excluding carboxylic acids is 1. The zero-order valence-corrected chi connectivity index (χ0v) is 15.9. The lowest BCUT2D eigenvalue weighted by atomic mass is 9.85. The van der Waals surface area contributed by atoms with E-state index in [4.69, 9.17) is 16.1 Å². The number of amides is 1. The Morgan fingerprint density at radius 2 is 1.97 bits per heavy atom. The van der Waals surface area contributed by atoms with Crippen LogP contribution in [0.5, 0.6) is 0 Å². The van der Waals surface area contributed by atoms with Gasteiger partial charge in [-0.05, 0) is 73.2 Å². The number of halogens is 1. The van der Waals surface area contributed by atoms with Crippen molar-refractivity contribution in [2.24, 2.45) is 0 Å². The molecular weight excluding hydrogens is 367 g/mol. The van der Waals surface area contributed by atoms with Gasteiger partial charge in [0.15, 0.2) is 0 Å². The third kappa shape index (κ3) is 3.27. The maximum Gasteiger partial charge on any atom is 0.247 e. The molecule has 2 aromatic carbocycles. The summed E-state index contributed by atoms with van der Waals surface area (Å²) in [7, 11) is 0. The molecule has 4 N–H and O–H groups in total. The summed E-state index contributed by atoms with van der Waals surface area (Å²) in [4.78, 5) is 16.5. The van der Waals surface area contributed by atoms with Crippen LogP contribution in [0.4, 0.5) is 15.8 Å². The summed E-state index contributed by atoms with van der Waals surface area (Å²) in [5, 5.41) is 11.3. The Balaban J connectivity index is 1.97. The molecule has 1 heterocycles. The lowest BCUT2D eigenvalue weighted by Gasteiger charge is -2.23. The third-order valence-electron chi connectivity index (χ3n) is 5.37. The van der Waals surface area contributed by atoms with Gasteiger partial charge in [-0.1, -0.05) is 6.58 Å². The minimum absolute atomic E-state index is 0.0938. The normalized spacial score (nSPS) is 13.0. The number of nitrogens with two attached hydrogens (primary N) is 1. The van der Waals surface area contributed by atoms with E-state index in [0.29, 0.717) is 11.3 Å². The summed E-state index contributed by atoms with van der Waals surface area (Å²) < 4.78 is 14.2. The van der Waals surface area contributed by atoms with Gasteiger partial charge in [0.2, 0.25) is 5.91 Å². The molecule has 1 amide bonds. The number of hydrogen-bond donors (Lipinski definition) is 3. The van der Waals surface area contributed by atoms with Gasteiger partial charge >= 0.3 is 0 Å². The van der Waals surface area contributed by atoms with Crippen molar-refractivity contribution in [3.8, 4) is 11.3 Å². The molecule has 146 valence electrons. The number of nitrogen functional groups attached to an aromatic ring is 1. The average Bonchev–Trinajstić information content (AvgIpc) is 2.74. The van der Waals surface area contributed by atoms with Crippen molar-refractivity contribution in [2.75, 3.05) is 11.1 Å². The molecule has 1 aliphatic carbocycles. The lowest BCUT2D eigenvalue weighted by Crippen LogP contribution is -2.11. The Labute approximate surface area is 168 Å². The second-order valence-electron chi connectivity index (χ2n) is 7.12. The van der Waals surface area contributed by atoms with Crippen LogP contribution in [0, 0.1) is 11.2 Å². The highest BCUT2D eigenvalue weighted by Gasteiger charge is 2.22. The molecule has 0 unspecified atom stereocenters. The quantitative estimate of drug-likeness (QED) is 0.346. The first-order valence-corrected chi connectivity index (χ1v) is 9.51. The van der Waals surface area contributed by atoms with Gasteiger partial charge in [-0.25, -0.2) is 9.37 Å². The molecule has 1 aromatic heterocycles. The van der Waals surface area contributed by atoms with Gasteiger partial charge in [0.05, 0.1) is 16.9 Å². The number of aryl methyl sites for hydroxylation is 1. The average molecular weight is 388 g/mol. The molecule has 0 saturated heterocycles. The van der Waals surface area contributed by atoms with Gasteiger partial charge < -0.3 is 16.5 Å². The van der Waals surface area contributed by atoms with E-state index < -0.39 is 11.7 Å². The van der Waals surface area contributed by atoms with Crippen molar-refractivity contribution in [2.45, 2.75) is 25.7 Å².